The van der Waals surface area contributed by atoms with E-state index in [9.17, 15) is 0 Å². The number of hydrogen-bond donors (Lipinski definition) is 1. The molecular formula is C19H20N4. The van der Waals surface area contributed by atoms with Gasteiger partial charge in [-0.05, 0) is 24.6 Å². The zero-order valence-electron chi connectivity index (χ0n) is 13.2. The average molecular weight is 304 g/mol. The summed E-state index contributed by atoms with van der Waals surface area (Å²) in [6.07, 6.45) is 1.61. The van der Waals surface area contributed by atoms with Crippen molar-refractivity contribution in [3.63, 3.8) is 0 Å². The van der Waals surface area contributed by atoms with E-state index in [2.05, 4.69) is 51.4 Å². The molecule has 4 nitrogen and oxygen atoms in total. The predicted molar refractivity (Wildman–Crippen MR) is 94.9 cm³/mol. The quantitative estimate of drug-likeness (QED) is 0.739. The SMILES string of the molecule is CCN(c1ccccc1)c1cc(NCc2ccccc2)ncn1. The molecule has 0 spiro atoms. The van der Waals surface area contributed by atoms with Crippen molar-refractivity contribution in [1.82, 2.24) is 9.97 Å². The van der Waals surface area contributed by atoms with E-state index >= 15 is 0 Å². The minimum atomic E-state index is 0.745. The number of rotatable bonds is 6. The van der Waals surface area contributed by atoms with Crippen LogP contribution in [0.1, 0.15) is 12.5 Å². The summed E-state index contributed by atoms with van der Waals surface area (Å²) >= 11 is 0. The van der Waals surface area contributed by atoms with Crippen LogP contribution in [0.4, 0.5) is 17.3 Å². The van der Waals surface area contributed by atoms with Gasteiger partial charge in [-0.2, -0.15) is 0 Å². The molecule has 0 saturated carbocycles. The first-order valence-corrected chi connectivity index (χ1v) is 7.79. The van der Waals surface area contributed by atoms with Crippen molar-refractivity contribution < 1.29 is 0 Å². The largest absolute Gasteiger partial charge is 0.366 e. The first kappa shape index (κ1) is 15.0. The monoisotopic (exact) mass is 304 g/mol. The Labute approximate surface area is 136 Å². The Morgan fingerprint density at radius 2 is 1.61 bits per heavy atom. The molecule has 1 N–H and O–H groups in total. The fourth-order valence-corrected chi connectivity index (χ4v) is 2.46. The first-order valence-electron chi connectivity index (χ1n) is 7.79. The average Bonchev–Trinajstić information content (AvgIpc) is 2.63. The lowest BCUT2D eigenvalue weighted by Gasteiger charge is -2.22. The topological polar surface area (TPSA) is 41.0 Å². The van der Waals surface area contributed by atoms with Gasteiger partial charge in [0.15, 0.2) is 0 Å². The smallest absolute Gasteiger partial charge is 0.138 e. The van der Waals surface area contributed by atoms with Gasteiger partial charge in [0.25, 0.3) is 0 Å². The maximum absolute atomic E-state index is 4.42. The van der Waals surface area contributed by atoms with Gasteiger partial charge in [-0.25, -0.2) is 9.97 Å². The van der Waals surface area contributed by atoms with Gasteiger partial charge < -0.3 is 10.2 Å². The van der Waals surface area contributed by atoms with Gasteiger partial charge in [-0.15, -0.1) is 0 Å². The molecule has 1 aromatic heterocycles. The number of anilines is 3. The Kier molecular flexibility index (Phi) is 4.84. The summed E-state index contributed by atoms with van der Waals surface area (Å²) in [6.45, 7) is 3.71. The Morgan fingerprint density at radius 1 is 0.913 bits per heavy atom. The van der Waals surface area contributed by atoms with Crippen LogP contribution in [0.2, 0.25) is 0 Å². The molecule has 0 fully saturated rings. The van der Waals surface area contributed by atoms with Gasteiger partial charge in [0, 0.05) is 24.8 Å². The molecule has 2 aromatic carbocycles. The van der Waals surface area contributed by atoms with Crippen molar-refractivity contribution in [3.05, 3.63) is 78.6 Å². The summed E-state index contributed by atoms with van der Waals surface area (Å²) in [4.78, 5) is 10.9. The summed E-state index contributed by atoms with van der Waals surface area (Å²) in [5, 5.41) is 3.35. The number of para-hydroxylation sites is 1. The van der Waals surface area contributed by atoms with E-state index in [-0.39, 0.29) is 0 Å². The van der Waals surface area contributed by atoms with Gasteiger partial charge in [0.05, 0.1) is 0 Å². The van der Waals surface area contributed by atoms with Crippen LogP contribution in [0.25, 0.3) is 0 Å². The Morgan fingerprint density at radius 3 is 2.30 bits per heavy atom. The summed E-state index contributed by atoms with van der Waals surface area (Å²) in [6, 6.07) is 22.5. The van der Waals surface area contributed by atoms with Gasteiger partial charge in [-0.1, -0.05) is 48.5 Å². The zero-order valence-corrected chi connectivity index (χ0v) is 13.2. The van der Waals surface area contributed by atoms with Crippen molar-refractivity contribution in [2.45, 2.75) is 13.5 Å². The number of aromatic nitrogens is 2. The molecule has 0 atom stereocenters. The molecule has 0 unspecified atom stereocenters. The second kappa shape index (κ2) is 7.40. The van der Waals surface area contributed by atoms with Crippen LogP contribution in [-0.2, 0) is 6.54 Å². The van der Waals surface area contributed by atoms with Gasteiger partial charge in [0.1, 0.15) is 18.0 Å². The summed E-state index contributed by atoms with van der Waals surface area (Å²) in [7, 11) is 0. The van der Waals surface area contributed by atoms with Crippen LogP contribution >= 0.6 is 0 Å². The fourth-order valence-electron chi connectivity index (χ4n) is 2.46. The van der Waals surface area contributed by atoms with E-state index in [1.165, 1.54) is 5.56 Å². The van der Waals surface area contributed by atoms with E-state index in [1.807, 2.05) is 42.5 Å². The highest BCUT2D eigenvalue weighted by Gasteiger charge is 2.09. The molecule has 0 aliphatic heterocycles. The molecular weight excluding hydrogens is 284 g/mol. The van der Waals surface area contributed by atoms with Crippen LogP contribution in [0.3, 0.4) is 0 Å². The molecule has 0 saturated heterocycles. The minimum Gasteiger partial charge on any atom is -0.366 e. The van der Waals surface area contributed by atoms with Gasteiger partial charge >= 0.3 is 0 Å². The standard InChI is InChI=1S/C19H20N4/c1-2-23(17-11-7-4-8-12-17)19-13-18(21-15-22-19)20-14-16-9-5-3-6-10-16/h3-13,15H,2,14H2,1H3,(H,20,21,22). The van der Waals surface area contributed by atoms with Crippen LogP contribution in [0, 0.1) is 0 Å². The Balaban J connectivity index is 1.76. The van der Waals surface area contributed by atoms with Crippen molar-refractivity contribution in [2.24, 2.45) is 0 Å². The third-order valence-corrected chi connectivity index (χ3v) is 3.63. The molecule has 3 aromatic rings. The lowest BCUT2D eigenvalue weighted by atomic mass is 10.2. The van der Waals surface area contributed by atoms with E-state index in [0.717, 1.165) is 30.4 Å². The second-order valence-electron chi connectivity index (χ2n) is 5.18. The van der Waals surface area contributed by atoms with Crippen LogP contribution in [0.5, 0.6) is 0 Å². The van der Waals surface area contributed by atoms with Crippen LogP contribution in [-0.4, -0.2) is 16.5 Å². The molecule has 4 heteroatoms. The predicted octanol–water partition coefficient (Wildman–Crippen LogP) is 4.25. The number of benzene rings is 2. The van der Waals surface area contributed by atoms with E-state index in [4.69, 9.17) is 0 Å². The zero-order chi connectivity index (χ0) is 15.9. The molecule has 0 aliphatic carbocycles. The van der Waals surface area contributed by atoms with Crippen LogP contribution < -0.4 is 10.2 Å². The van der Waals surface area contributed by atoms with Crippen molar-refractivity contribution in [2.75, 3.05) is 16.8 Å². The molecule has 116 valence electrons. The number of hydrogen-bond acceptors (Lipinski definition) is 4. The van der Waals surface area contributed by atoms with Gasteiger partial charge in [0.2, 0.25) is 0 Å². The van der Waals surface area contributed by atoms with E-state index < -0.39 is 0 Å². The maximum atomic E-state index is 4.42. The number of nitrogens with zero attached hydrogens (tertiary/aromatic N) is 3. The maximum Gasteiger partial charge on any atom is 0.138 e. The summed E-state index contributed by atoms with van der Waals surface area (Å²) in [5.74, 6) is 1.72. The molecule has 1 heterocycles. The second-order valence-corrected chi connectivity index (χ2v) is 5.18. The molecule has 3 rings (SSSR count). The molecule has 0 radical (unpaired) electrons. The third kappa shape index (κ3) is 3.86. The number of nitrogens with one attached hydrogen (secondary N) is 1. The molecule has 23 heavy (non-hydrogen) atoms. The van der Waals surface area contributed by atoms with Crippen molar-refractivity contribution in [3.8, 4) is 0 Å². The Bertz CT molecular complexity index is 729. The highest BCUT2D eigenvalue weighted by Crippen LogP contribution is 2.24. The lowest BCUT2D eigenvalue weighted by molar-refractivity contribution is 0.972. The summed E-state index contributed by atoms with van der Waals surface area (Å²) < 4.78 is 0. The third-order valence-electron chi connectivity index (χ3n) is 3.63. The normalized spacial score (nSPS) is 10.3. The highest BCUT2D eigenvalue weighted by atomic mass is 15.2. The van der Waals surface area contributed by atoms with E-state index in [0.29, 0.717) is 0 Å². The highest BCUT2D eigenvalue weighted by molar-refractivity contribution is 5.61. The molecule has 0 aliphatic rings. The van der Waals surface area contributed by atoms with Crippen molar-refractivity contribution in [1.29, 1.82) is 0 Å². The summed E-state index contributed by atoms with van der Waals surface area (Å²) in [5.41, 5.74) is 2.35. The van der Waals surface area contributed by atoms with Crippen molar-refractivity contribution >= 4 is 17.3 Å². The van der Waals surface area contributed by atoms with E-state index in [1.54, 1.807) is 6.33 Å². The van der Waals surface area contributed by atoms with Gasteiger partial charge in [-0.3, -0.25) is 0 Å². The molecule has 0 amide bonds. The minimum absolute atomic E-state index is 0.745. The lowest BCUT2D eigenvalue weighted by Crippen LogP contribution is -2.17. The van der Waals surface area contributed by atoms with Crippen LogP contribution in [0.15, 0.2) is 73.1 Å². The Hall–Kier alpha value is -2.88. The fraction of sp³-hybridized carbons (Fsp3) is 0.158. The molecule has 0 bridgehead atoms. The first-order chi connectivity index (χ1) is 11.4.